The lowest BCUT2D eigenvalue weighted by molar-refractivity contribution is -0.144. The number of benzene rings is 2. The summed E-state index contributed by atoms with van der Waals surface area (Å²) in [5.41, 5.74) is 2.79. The number of carbonyl (C=O) groups is 1. The molecule has 9 heteroatoms. The second-order valence-electron chi connectivity index (χ2n) is 7.61. The zero-order chi connectivity index (χ0) is 22.9. The quantitative estimate of drug-likeness (QED) is 0.325. The Balaban J connectivity index is 1.73. The number of nitrogens with zero attached hydrogens (tertiary/aromatic N) is 3. The molecule has 0 bridgehead atoms. The van der Waals surface area contributed by atoms with Gasteiger partial charge in [-0.05, 0) is 46.1 Å². The number of aromatic amines is 1. The van der Waals surface area contributed by atoms with Crippen LogP contribution in [-0.4, -0.2) is 43.1 Å². The van der Waals surface area contributed by atoms with Crippen molar-refractivity contribution in [2.24, 2.45) is 12.0 Å². The summed E-state index contributed by atoms with van der Waals surface area (Å²) in [6.45, 7) is 0.749. The lowest BCUT2D eigenvalue weighted by atomic mass is 10.1. The summed E-state index contributed by atoms with van der Waals surface area (Å²) >= 11 is 3.71. The van der Waals surface area contributed by atoms with Gasteiger partial charge in [-0.3, -0.25) is 14.8 Å². The first-order valence-corrected chi connectivity index (χ1v) is 10.7. The van der Waals surface area contributed by atoms with Crippen LogP contribution in [0.1, 0.15) is 6.92 Å². The van der Waals surface area contributed by atoms with E-state index < -0.39 is 18.1 Å². The van der Waals surface area contributed by atoms with E-state index in [1.807, 2.05) is 43.4 Å². The third-order valence-corrected chi connectivity index (χ3v) is 6.07. The average molecular weight is 496 g/mol. The molecule has 0 spiro atoms. The molecule has 1 unspecified atom stereocenters. The predicted molar refractivity (Wildman–Crippen MR) is 126 cm³/mol. The van der Waals surface area contributed by atoms with Gasteiger partial charge in [0.15, 0.2) is 11.4 Å². The number of carboxylic acids is 1. The van der Waals surface area contributed by atoms with E-state index in [-0.39, 0.29) is 0 Å². The van der Waals surface area contributed by atoms with Gasteiger partial charge < -0.3 is 15.5 Å². The molecule has 2 aromatic rings. The highest BCUT2D eigenvalue weighted by molar-refractivity contribution is 9.10. The van der Waals surface area contributed by atoms with Crippen LogP contribution in [0, 0.1) is 0 Å². The number of hydrogen-bond donors (Lipinski definition) is 4. The fourth-order valence-corrected chi connectivity index (χ4v) is 3.95. The van der Waals surface area contributed by atoms with E-state index in [0.29, 0.717) is 16.9 Å². The highest BCUT2D eigenvalue weighted by atomic mass is 79.9. The molecule has 2 aliphatic rings. The molecule has 2 aliphatic heterocycles. The first-order chi connectivity index (χ1) is 15.3. The molecular weight excluding hydrogens is 474 g/mol. The number of fused-ring (bicyclic) bond motifs is 1. The van der Waals surface area contributed by atoms with Gasteiger partial charge >= 0.3 is 5.97 Å². The van der Waals surface area contributed by atoms with Crippen molar-refractivity contribution < 1.29 is 15.0 Å². The van der Waals surface area contributed by atoms with Crippen LogP contribution < -0.4 is 10.7 Å². The number of H-pyrrole nitrogens is 1. The first kappa shape index (κ1) is 21.8. The van der Waals surface area contributed by atoms with Gasteiger partial charge in [0, 0.05) is 11.5 Å². The van der Waals surface area contributed by atoms with Crippen molar-refractivity contribution in [2.45, 2.75) is 12.5 Å². The Morgan fingerprint density at radius 3 is 2.69 bits per heavy atom. The molecule has 164 valence electrons. The first-order valence-electron chi connectivity index (χ1n) is 9.88. The summed E-state index contributed by atoms with van der Waals surface area (Å²) in [5.74, 6) is -0.521. The zero-order valence-electron chi connectivity index (χ0n) is 17.5. The Bertz CT molecular complexity index is 1310. The second kappa shape index (κ2) is 8.60. The number of carboxylic acid groups (broad SMARTS) is 1. The minimum absolute atomic E-state index is 0.366. The number of aromatic nitrogens is 3. The molecule has 32 heavy (non-hydrogen) atoms. The van der Waals surface area contributed by atoms with E-state index in [1.54, 1.807) is 10.7 Å². The SMILES string of the molecule is Cn1[nH]c(Nc2cccc(-c3ccccc3)c2Br)c2ncc(=NC(C)(CO)C(=O)O)cc1-2. The van der Waals surface area contributed by atoms with E-state index in [1.165, 1.54) is 13.1 Å². The topological polar surface area (TPSA) is 116 Å². The van der Waals surface area contributed by atoms with Crippen molar-refractivity contribution in [3.63, 3.8) is 0 Å². The van der Waals surface area contributed by atoms with Gasteiger partial charge in [-0.2, -0.15) is 0 Å². The second-order valence-corrected chi connectivity index (χ2v) is 8.41. The molecule has 2 heterocycles. The summed E-state index contributed by atoms with van der Waals surface area (Å²) in [6, 6.07) is 17.8. The van der Waals surface area contributed by atoms with Gasteiger partial charge in [0.05, 0.1) is 29.5 Å². The van der Waals surface area contributed by atoms with Crippen molar-refractivity contribution >= 4 is 33.4 Å². The molecule has 8 nitrogen and oxygen atoms in total. The predicted octanol–water partition coefficient (Wildman–Crippen LogP) is 3.76. The van der Waals surface area contributed by atoms with Crippen LogP contribution in [0.2, 0.25) is 0 Å². The van der Waals surface area contributed by atoms with Crippen molar-refractivity contribution in [1.82, 2.24) is 14.8 Å². The Morgan fingerprint density at radius 2 is 2.00 bits per heavy atom. The summed E-state index contributed by atoms with van der Waals surface area (Å²) in [6.07, 6.45) is 1.49. The van der Waals surface area contributed by atoms with Crippen molar-refractivity contribution in [1.29, 1.82) is 0 Å². The number of aliphatic carboxylic acids is 1. The van der Waals surface area contributed by atoms with E-state index in [4.69, 9.17) is 0 Å². The molecule has 2 aromatic carbocycles. The van der Waals surface area contributed by atoms with Crippen LogP contribution in [0.25, 0.3) is 22.5 Å². The molecule has 0 saturated heterocycles. The monoisotopic (exact) mass is 495 g/mol. The number of anilines is 2. The van der Waals surface area contributed by atoms with E-state index in [9.17, 15) is 15.0 Å². The summed E-state index contributed by atoms with van der Waals surface area (Å²) in [7, 11) is 1.83. The van der Waals surface area contributed by atoms with E-state index >= 15 is 0 Å². The van der Waals surface area contributed by atoms with Crippen LogP contribution in [0.3, 0.4) is 0 Å². The van der Waals surface area contributed by atoms with Crippen LogP contribution in [0.4, 0.5) is 11.5 Å². The molecular formula is C23H22BrN5O3. The summed E-state index contributed by atoms with van der Waals surface area (Å²) in [4.78, 5) is 20.1. The van der Waals surface area contributed by atoms with Gasteiger partial charge in [0.1, 0.15) is 5.69 Å². The maximum absolute atomic E-state index is 11.5. The maximum Gasteiger partial charge on any atom is 0.333 e. The Labute approximate surface area is 192 Å². The van der Waals surface area contributed by atoms with Gasteiger partial charge in [-0.25, -0.2) is 9.78 Å². The number of hydrogen-bond acceptors (Lipinski definition) is 5. The van der Waals surface area contributed by atoms with Crippen molar-refractivity contribution in [3.05, 3.63) is 70.6 Å². The highest BCUT2D eigenvalue weighted by Gasteiger charge is 2.31. The molecule has 0 fully saturated rings. The Hall–Kier alpha value is -3.43. The smallest absolute Gasteiger partial charge is 0.333 e. The van der Waals surface area contributed by atoms with Crippen molar-refractivity contribution in [2.75, 3.05) is 11.9 Å². The van der Waals surface area contributed by atoms with Gasteiger partial charge in [-0.15, -0.1) is 0 Å². The van der Waals surface area contributed by atoms with Crippen LogP contribution in [0.5, 0.6) is 0 Å². The highest BCUT2D eigenvalue weighted by Crippen LogP contribution is 2.37. The maximum atomic E-state index is 11.5. The van der Waals surface area contributed by atoms with Gasteiger partial charge in [0.2, 0.25) is 0 Å². The average Bonchev–Trinajstić information content (AvgIpc) is 3.10. The Kier molecular flexibility index (Phi) is 5.86. The Morgan fingerprint density at radius 1 is 1.25 bits per heavy atom. The lowest BCUT2D eigenvalue weighted by Crippen LogP contribution is -2.39. The molecule has 0 aromatic heterocycles. The number of aryl methyl sites for hydroxylation is 1. The van der Waals surface area contributed by atoms with Crippen LogP contribution in [0.15, 0.2) is 70.3 Å². The number of pyridine rings is 1. The standard InChI is InChI=1S/C23H22BrN5O3/c1-23(13-30,22(31)32)27-15-11-18-20(25-12-15)21(28-29(18)2)26-17-10-6-9-16(19(17)24)14-7-4-3-5-8-14/h3-12,26,28,30H,13H2,1-2H3,(H,31,32). The van der Waals surface area contributed by atoms with E-state index in [0.717, 1.165) is 27.0 Å². The van der Waals surface area contributed by atoms with Crippen molar-refractivity contribution in [3.8, 4) is 22.5 Å². The number of aliphatic hydroxyl groups is 1. The minimum atomic E-state index is -1.63. The number of halogens is 1. The minimum Gasteiger partial charge on any atom is -0.479 e. The molecule has 0 saturated carbocycles. The van der Waals surface area contributed by atoms with Crippen LogP contribution in [-0.2, 0) is 11.8 Å². The third kappa shape index (κ3) is 4.04. The lowest BCUT2D eigenvalue weighted by Gasteiger charge is -2.16. The molecule has 0 aliphatic carbocycles. The largest absolute Gasteiger partial charge is 0.479 e. The third-order valence-electron chi connectivity index (χ3n) is 5.22. The zero-order valence-corrected chi connectivity index (χ0v) is 19.1. The number of rotatable bonds is 6. The summed E-state index contributed by atoms with van der Waals surface area (Å²) in [5, 5.41) is 25.8. The normalized spacial score (nSPS) is 13.8. The number of aliphatic hydroxyl groups excluding tert-OH is 1. The fraction of sp³-hybridized carbons (Fsp3) is 0.174. The summed E-state index contributed by atoms with van der Waals surface area (Å²) < 4.78 is 2.69. The van der Waals surface area contributed by atoms with Crippen LogP contribution >= 0.6 is 15.9 Å². The molecule has 4 rings (SSSR count). The molecule has 1 atom stereocenters. The molecule has 4 N–H and O–H groups in total. The molecule has 0 amide bonds. The van der Waals surface area contributed by atoms with E-state index in [2.05, 4.69) is 48.5 Å². The number of nitrogens with one attached hydrogen (secondary N) is 2. The van der Waals surface area contributed by atoms with Gasteiger partial charge in [-0.1, -0.05) is 42.5 Å². The fourth-order valence-electron chi connectivity index (χ4n) is 3.36. The van der Waals surface area contributed by atoms with Gasteiger partial charge in [0.25, 0.3) is 0 Å². The molecule has 0 radical (unpaired) electrons.